The van der Waals surface area contributed by atoms with Crippen molar-refractivity contribution in [1.82, 2.24) is 8.75 Å². The van der Waals surface area contributed by atoms with E-state index in [1.54, 1.807) is 0 Å². The van der Waals surface area contributed by atoms with E-state index in [1.807, 2.05) is 0 Å². The van der Waals surface area contributed by atoms with Crippen LogP contribution in [0.2, 0.25) is 0 Å². The van der Waals surface area contributed by atoms with Gasteiger partial charge in [-0.05, 0) is 19.9 Å². The van der Waals surface area contributed by atoms with Gasteiger partial charge in [0.05, 0.1) is 0 Å². The van der Waals surface area contributed by atoms with Crippen LogP contribution in [-0.4, -0.2) is 28.9 Å². The van der Waals surface area contributed by atoms with E-state index in [2.05, 4.69) is 42.5 Å². The summed E-state index contributed by atoms with van der Waals surface area (Å²) in [6, 6.07) is 0. The molecule has 80 valence electrons. The van der Waals surface area contributed by atoms with Gasteiger partial charge in [0.25, 0.3) is 0 Å². The highest BCUT2D eigenvalue weighted by Gasteiger charge is 2.02. The Morgan fingerprint density at radius 1 is 1.08 bits per heavy atom. The number of nitrogens with zero attached hydrogens (tertiary/aromatic N) is 2. The number of thiol groups is 1. The Bertz CT molecular complexity index is 102. The van der Waals surface area contributed by atoms with Gasteiger partial charge in [-0.25, -0.2) is 4.08 Å². The normalized spacial score (nSPS) is 12.5. The van der Waals surface area contributed by atoms with Crippen LogP contribution >= 0.6 is 21.7 Å². The second-order valence-corrected chi connectivity index (χ2v) is 5.71. The molecule has 0 aromatic rings. The van der Waals surface area contributed by atoms with E-state index in [4.69, 9.17) is 0 Å². The fourth-order valence-electron chi connectivity index (χ4n) is 1.00. The van der Waals surface area contributed by atoms with Crippen LogP contribution in [0.1, 0.15) is 39.5 Å². The highest BCUT2D eigenvalue weighted by Crippen LogP contribution is 2.24. The van der Waals surface area contributed by atoms with Crippen molar-refractivity contribution < 1.29 is 0 Å². The van der Waals surface area contributed by atoms with E-state index in [1.165, 1.54) is 32.2 Å². The summed E-state index contributed by atoms with van der Waals surface area (Å²) in [5.41, 5.74) is 0. The SMILES string of the molecule is CCCCN(C)PN(S)CCCC. The van der Waals surface area contributed by atoms with Crippen LogP contribution in [0.5, 0.6) is 0 Å². The van der Waals surface area contributed by atoms with Crippen molar-refractivity contribution in [2.75, 3.05) is 20.1 Å². The molecular formula is C9H23N2PS. The van der Waals surface area contributed by atoms with Crippen LogP contribution in [0.4, 0.5) is 0 Å². The van der Waals surface area contributed by atoms with Crippen molar-refractivity contribution in [2.45, 2.75) is 39.5 Å². The molecule has 0 aliphatic heterocycles. The van der Waals surface area contributed by atoms with Gasteiger partial charge in [0, 0.05) is 22.0 Å². The minimum Gasteiger partial charge on any atom is -0.275 e. The molecule has 4 heteroatoms. The van der Waals surface area contributed by atoms with Gasteiger partial charge in [-0.15, -0.1) is 0 Å². The van der Waals surface area contributed by atoms with E-state index in [-0.39, 0.29) is 0 Å². The quantitative estimate of drug-likeness (QED) is 0.498. The van der Waals surface area contributed by atoms with E-state index in [0.29, 0.717) is 0 Å². The maximum atomic E-state index is 4.43. The second-order valence-electron chi connectivity index (χ2n) is 3.35. The molecule has 0 spiro atoms. The van der Waals surface area contributed by atoms with Gasteiger partial charge in [-0.1, -0.05) is 39.5 Å². The Kier molecular flexibility index (Phi) is 9.76. The maximum absolute atomic E-state index is 4.43. The maximum Gasteiger partial charge on any atom is 0.0338 e. The summed E-state index contributed by atoms with van der Waals surface area (Å²) in [4.78, 5) is 0. The standard InChI is InChI=1S/C9H23N2PS/c1-4-6-8-10(3)12-11(13)9-7-5-2/h12-13H,4-9H2,1-3H3. The Balaban J connectivity index is 3.35. The van der Waals surface area contributed by atoms with Gasteiger partial charge in [0.2, 0.25) is 0 Å². The van der Waals surface area contributed by atoms with Gasteiger partial charge < -0.3 is 0 Å². The molecular weight excluding hydrogens is 199 g/mol. The van der Waals surface area contributed by atoms with Crippen molar-refractivity contribution in [1.29, 1.82) is 0 Å². The van der Waals surface area contributed by atoms with Crippen LogP contribution in [-0.2, 0) is 0 Å². The first kappa shape index (κ1) is 13.7. The molecule has 0 rings (SSSR count). The molecule has 2 nitrogen and oxygen atoms in total. The molecule has 1 unspecified atom stereocenters. The summed E-state index contributed by atoms with van der Waals surface area (Å²) >= 11 is 4.43. The van der Waals surface area contributed by atoms with E-state index in [0.717, 1.165) is 15.4 Å². The zero-order chi connectivity index (χ0) is 10.1. The summed E-state index contributed by atoms with van der Waals surface area (Å²) in [5, 5.41) is 0. The van der Waals surface area contributed by atoms with Crippen molar-refractivity contribution in [3.05, 3.63) is 0 Å². The first-order chi connectivity index (χ1) is 6.20. The topological polar surface area (TPSA) is 6.48 Å². The van der Waals surface area contributed by atoms with Crippen molar-refractivity contribution in [2.24, 2.45) is 0 Å². The smallest absolute Gasteiger partial charge is 0.0338 e. The molecule has 0 amide bonds. The van der Waals surface area contributed by atoms with Gasteiger partial charge in [-0.3, -0.25) is 4.67 Å². The molecule has 0 fully saturated rings. The van der Waals surface area contributed by atoms with Crippen molar-refractivity contribution >= 4 is 21.7 Å². The summed E-state index contributed by atoms with van der Waals surface area (Å²) in [5.74, 6) is 0. The monoisotopic (exact) mass is 222 g/mol. The Morgan fingerprint density at radius 2 is 1.62 bits per heavy atom. The lowest BCUT2D eigenvalue weighted by atomic mass is 10.3. The first-order valence-electron chi connectivity index (χ1n) is 5.14. The third kappa shape index (κ3) is 9.01. The molecule has 13 heavy (non-hydrogen) atoms. The third-order valence-electron chi connectivity index (χ3n) is 1.86. The number of hydrogen-bond acceptors (Lipinski definition) is 3. The van der Waals surface area contributed by atoms with Crippen LogP contribution in [0.15, 0.2) is 0 Å². The average molecular weight is 222 g/mol. The van der Waals surface area contributed by atoms with Crippen LogP contribution < -0.4 is 0 Å². The number of unbranched alkanes of at least 4 members (excludes halogenated alkanes) is 2. The molecule has 0 radical (unpaired) electrons. The largest absolute Gasteiger partial charge is 0.275 e. The summed E-state index contributed by atoms with van der Waals surface area (Å²) in [7, 11) is 2.90. The van der Waals surface area contributed by atoms with E-state index in [9.17, 15) is 0 Å². The van der Waals surface area contributed by atoms with Gasteiger partial charge >= 0.3 is 0 Å². The van der Waals surface area contributed by atoms with Crippen molar-refractivity contribution in [3.63, 3.8) is 0 Å². The van der Waals surface area contributed by atoms with E-state index < -0.39 is 0 Å². The molecule has 0 N–H and O–H groups in total. The molecule has 0 aromatic heterocycles. The fraction of sp³-hybridized carbons (Fsp3) is 1.00. The zero-order valence-electron chi connectivity index (χ0n) is 9.08. The lowest BCUT2D eigenvalue weighted by Gasteiger charge is -2.22. The lowest BCUT2D eigenvalue weighted by Crippen LogP contribution is -2.15. The number of hydrogen-bond donors (Lipinski definition) is 1. The average Bonchev–Trinajstić information content (AvgIpc) is 2.11. The van der Waals surface area contributed by atoms with Crippen LogP contribution in [0.3, 0.4) is 0 Å². The van der Waals surface area contributed by atoms with E-state index >= 15 is 0 Å². The summed E-state index contributed by atoms with van der Waals surface area (Å²) in [6.45, 7) is 6.74. The minimum absolute atomic E-state index is 0.730. The summed E-state index contributed by atoms with van der Waals surface area (Å²) in [6.07, 6.45) is 5.06. The Hall–Kier alpha value is 0.700. The van der Waals surface area contributed by atoms with Crippen molar-refractivity contribution in [3.8, 4) is 0 Å². The second kappa shape index (κ2) is 9.26. The first-order valence-corrected chi connectivity index (χ1v) is 6.44. The zero-order valence-corrected chi connectivity index (χ0v) is 11.0. The van der Waals surface area contributed by atoms with Gasteiger partial charge in [-0.2, -0.15) is 0 Å². The molecule has 0 bridgehead atoms. The third-order valence-corrected chi connectivity index (χ3v) is 3.34. The van der Waals surface area contributed by atoms with Crippen LogP contribution in [0.25, 0.3) is 0 Å². The Morgan fingerprint density at radius 3 is 2.15 bits per heavy atom. The number of rotatable bonds is 8. The summed E-state index contributed by atoms with van der Waals surface area (Å²) < 4.78 is 4.48. The minimum atomic E-state index is 0.730. The van der Waals surface area contributed by atoms with Gasteiger partial charge in [0.1, 0.15) is 0 Å². The Labute approximate surface area is 90.5 Å². The van der Waals surface area contributed by atoms with Gasteiger partial charge in [0.15, 0.2) is 0 Å². The molecule has 0 saturated carbocycles. The van der Waals surface area contributed by atoms with Crippen LogP contribution in [0, 0.1) is 0 Å². The molecule has 0 heterocycles. The molecule has 0 aliphatic carbocycles. The fourth-order valence-corrected chi connectivity index (χ4v) is 2.51. The highest BCUT2D eigenvalue weighted by atomic mass is 32.1. The predicted octanol–water partition coefficient (Wildman–Crippen LogP) is 3.17. The molecule has 0 saturated heterocycles. The molecule has 0 aromatic carbocycles. The lowest BCUT2D eigenvalue weighted by molar-refractivity contribution is 0.505. The predicted molar refractivity (Wildman–Crippen MR) is 66.5 cm³/mol. The molecule has 0 aliphatic rings. The molecule has 1 atom stereocenters. The highest BCUT2D eigenvalue weighted by molar-refractivity contribution is 7.82.